The van der Waals surface area contributed by atoms with Gasteiger partial charge in [-0.25, -0.2) is 0 Å². The highest BCUT2D eigenvalue weighted by atomic mass is 16.3. The number of aliphatic hydroxyl groups excluding tert-OH is 1. The smallest absolute Gasteiger partial charge is 0.193 e. The first-order valence-electron chi connectivity index (χ1n) is 8.44. The molecule has 0 aromatic heterocycles. The number of nitrogens with zero attached hydrogens (tertiary/aromatic N) is 1. The molecular weight excluding hydrogens is 274 g/mol. The van der Waals surface area contributed by atoms with Gasteiger partial charge in [0.15, 0.2) is 5.96 Å². The normalized spacial score (nSPS) is 18.2. The second-order valence-corrected chi connectivity index (χ2v) is 6.41. The number of rotatable bonds is 6. The van der Waals surface area contributed by atoms with Crippen molar-refractivity contribution in [3.63, 3.8) is 0 Å². The lowest BCUT2D eigenvalue weighted by Crippen LogP contribution is -2.31. The van der Waals surface area contributed by atoms with Crippen LogP contribution in [0.5, 0.6) is 0 Å². The van der Waals surface area contributed by atoms with Gasteiger partial charge in [-0.15, -0.1) is 0 Å². The minimum atomic E-state index is 0.143. The number of nitrogens with two attached hydrogens (primary N) is 1. The summed E-state index contributed by atoms with van der Waals surface area (Å²) in [5.41, 5.74) is 8.46. The Morgan fingerprint density at radius 3 is 2.77 bits per heavy atom. The summed E-state index contributed by atoms with van der Waals surface area (Å²) in [5, 5.41) is 12.5. The second-order valence-electron chi connectivity index (χ2n) is 6.41. The number of nitrogens with one attached hydrogen (secondary N) is 1. The topological polar surface area (TPSA) is 70.6 Å². The van der Waals surface area contributed by atoms with Crippen molar-refractivity contribution >= 4 is 11.6 Å². The molecular formula is C18H29N3O. The lowest BCUT2D eigenvalue weighted by molar-refractivity contribution is 0.137. The van der Waals surface area contributed by atoms with Crippen LogP contribution in [0.4, 0.5) is 5.69 Å². The zero-order chi connectivity index (χ0) is 15.8. The molecule has 1 fully saturated rings. The summed E-state index contributed by atoms with van der Waals surface area (Å²) in [4.78, 5) is 4.56. The predicted molar refractivity (Wildman–Crippen MR) is 93.2 cm³/mol. The number of benzene rings is 1. The molecule has 4 heteroatoms. The van der Waals surface area contributed by atoms with Crippen molar-refractivity contribution in [1.82, 2.24) is 0 Å². The van der Waals surface area contributed by atoms with Gasteiger partial charge in [0.25, 0.3) is 0 Å². The molecule has 1 aliphatic carbocycles. The highest BCUT2D eigenvalue weighted by Crippen LogP contribution is 2.39. The standard InChI is InChI=1S/C18H29N3O/c1-2-15-7-6-8-16(13-15)21-17(19)20-14-18(11-12-22)9-4-3-5-10-18/h6-8,13,22H,2-5,9-12,14H2,1H3,(H3,19,20,21). The molecule has 4 N–H and O–H groups in total. The molecule has 4 nitrogen and oxygen atoms in total. The highest BCUT2D eigenvalue weighted by molar-refractivity contribution is 5.92. The van der Waals surface area contributed by atoms with Crippen molar-refractivity contribution in [2.24, 2.45) is 16.1 Å². The van der Waals surface area contributed by atoms with E-state index in [0.29, 0.717) is 12.5 Å². The maximum absolute atomic E-state index is 9.35. The summed E-state index contributed by atoms with van der Waals surface area (Å²) < 4.78 is 0. The van der Waals surface area contributed by atoms with Crippen molar-refractivity contribution in [2.75, 3.05) is 18.5 Å². The number of hydrogen-bond acceptors (Lipinski definition) is 2. The van der Waals surface area contributed by atoms with E-state index in [0.717, 1.165) is 31.4 Å². The van der Waals surface area contributed by atoms with Gasteiger partial charge in [-0.2, -0.15) is 0 Å². The molecule has 0 spiro atoms. The molecule has 22 heavy (non-hydrogen) atoms. The van der Waals surface area contributed by atoms with Gasteiger partial charge in [0, 0.05) is 18.8 Å². The zero-order valence-corrected chi connectivity index (χ0v) is 13.6. The molecule has 1 aromatic carbocycles. The average Bonchev–Trinajstić information content (AvgIpc) is 2.54. The van der Waals surface area contributed by atoms with Crippen LogP contribution in [0, 0.1) is 5.41 Å². The molecule has 0 amide bonds. The van der Waals surface area contributed by atoms with Gasteiger partial charge in [0.05, 0.1) is 0 Å². The third-order valence-corrected chi connectivity index (χ3v) is 4.75. The Hall–Kier alpha value is -1.55. The monoisotopic (exact) mass is 303 g/mol. The fourth-order valence-electron chi connectivity index (χ4n) is 3.34. The zero-order valence-electron chi connectivity index (χ0n) is 13.6. The maximum atomic E-state index is 9.35. The Bertz CT molecular complexity index is 487. The molecule has 0 saturated heterocycles. The van der Waals surface area contributed by atoms with Crippen LogP contribution in [0.3, 0.4) is 0 Å². The van der Waals surface area contributed by atoms with Gasteiger partial charge in [-0.3, -0.25) is 4.99 Å². The van der Waals surface area contributed by atoms with Gasteiger partial charge in [0.1, 0.15) is 0 Å². The van der Waals surface area contributed by atoms with E-state index in [-0.39, 0.29) is 12.0 Å². The number of guanidine groups is 1. The Morgan fingerprint density at radius 2 is 2.09 bits per heavy atom. The van der Waals surface area contributed by atoms with E-state index in [4.69, 9.17) is 5.73 Å². The highest BCUT2D eigenvalue weighted by Gasteiger charge is 2.31. The minimum absolute atomic E-state index is 0.143. The van der Waals surface area contributed by atoms with Crippen molar-refractivity contribution in [3.8, 4) is 0 Å². The largest absolute Gasteiger partial charge is 0.396 e. The third kappa shape index (κ3) is 4.73. The van der Waals surface area contributed by atoms with E-state index in [1.54, 1.807) is 0 Å². The molecule has 1 aromatic rings. The van der Waals surface area contributed by atoms with Gasteiger partial charge < -0.3 is 16.2 Å². The number of aliphatic imine (C=N–C) groups is 1. The van der Waals surface area contributed by atoms with Crippen LogP contribution in [0.1, 0.15) is 51.0 Å². The maximum Gasteiger partial charge on any atom is 0.193 e. The molecule has 0 atom stereocenters. The molecule has 0 bridgehead atoms. The Balaban J connectivity index is 1.98. The number of aliphatic hydroxyl groups is 1. The van der Waals surface area contributed by atoms with Crippen molar-refractivity contribution < 1.29 is 5.11 Å². The Kier molecular flexibility index (Phi) is 6.25. The van der Waals surface area contributed by atoms with Gasteiger partial charge >= 0.3 is 0 Å². The fourth-order valence-corrected chi connectivity index (χ4v) is 3.34. The van der Waals surface area contributed by atoms with E-state index < -0.39 is 0 Å². The SMILES string of the molecule is CCc1cccc(NC(N)=NCC2(CCO)CCCCC2)c1. The minimum Gasteiger partial charge on any atom is -0.396 e. The van der Waals surface area contributed by atoms with E-state index in [2.05, 4.69) is 29.4 Å². The third-order valence-electron chi connectivity index (χ3n) is 4.75. The summed E-state index contributed by atoms with van der Waals surface area (Å²) >= 11 is 0. The van der Waals surface area contributed by atoms with Crippen LogP contribution < -0.4 is 11.1 Å². The molecule has 1 aliphatic rings. The average molecular weight is 303 g/mol. The number of anilines is 1. The van der Waals surface area contributed by atoms with E-state index in [9.17, 15) is 5.11 Å². The Labute approximate surface area is 133 Å². The van der Waals surface area contributed by atoms with Crippen LogP contribution in [-0.4, -0.2) is 24.2 Å². The summed E-state index contributed by atoms with van der Waals surface area (Å²) in [7, 11) is 0. The van der Waals surface area contributed by atoms with E-state index in [1.165, 1.54) is 24.8 Å². The van der Waals surface area contributed by atoms with Gasteiger partial charge in [-0.05, 0) is 48.8 Å². The quantitative estimate of drug-likeness (QED) is 0.558. The first kappa shape index (κ1) is 16.8. The summed E-state index contributed by atoms with van der Waals surface area (Å²) in [6.45, 7) is 3.08. The fraction of sp³-hybridized carbons (Fsp3) is 0.611. The predicted octanol–water partition coefficient (Wildman–Crippen LogP) is 3.31. The summed E-state index contributed by atoms with van der Waals surface area (Å²) in [6.07, 6.45) is 7.91. The molecule has 1 saturated carbocycles. The first-order chi connectivity index (χ1) is 10.7. The molecule has 122 valence electrons. The van der Waals surface area contributed by atoms with Crippen LogP contribution in [0.15, 0.2) is 29.3 Å². The Morgan fingerprint density at radius 1 is 1.32 bits per heavy atom. The first-order valence-corrected chi connectivity index (χ1v) is 8.44. The molecule has 0 radical (unpaired) electrons. The van der Waals surface area contributed by atoms with Crippen LogP contribution in [0.25, 0.3) is 0 Å². The van der Waals surface area contributed by atoms with Crippen molar-refractivity contribution in [3.05, 3.63) is 29.8 Å². The molecule has 0 heterocycles. The van der Waals surface area contributed by atoms with E-state index >= 15 is 0 Å². The van der Waals surface area contributed by atoms with Crippen LogP contribution in [-0.2, 0) is 6.42 Å². The number of aryl methyl sites for hydroxylation is 1. The summed E-state index contributed by atoms with van der Waals surface area (Å²) in [6, 6.07) is 8.25. The molecule has 0 aliphatic heterocycles. The van der Waals surface area contributed by atoms with Crippen molar-refractivity contribution in [1.29, 1.82) is 0 Å². The van der Waals surface area contributed by atoms with Crippen LogP contribution in [0.2, 0.25) is 0 Å². The summed E-state index contributed by atoms with van der Waals surface area (Å²) in [5.74, 6) is 0.469. The van der Waals surface area contributed by atoms with E-state index in [1.807, 2.05) is 12.1 Å². The van der Waals surface area contributed by atoms with Gasteiger partial charge in [0.2, 0.25) is 0 Å². The van der Waals surface area contributed by atoms with Gasteiger partial charge in [-0.1, -0.05) is 38.3 Å². The number of hydrogen-bond donors (Lipinski definition) is 3. The lowest BCUT2D eigenvalue weighted by atomic mass is 9.72. The van der Waals surface area contributed by atoms with Crippen molar-refractivity contribution in [2.45, 2.75) is 51.9 Å². The molecule has 0 unspecified atom stereocenters. The second kappa shape index (κ2) is 8.18. The lowest BCUT2D eigenvalue weighted by Gasteiger charge is -2.35. The molecule has 2 rings (SSSR count). The van der Waals surface area contributed by atoms with Crippen LogP contribution >= 0.6 is 0 Å².